The van der Waals surface area contributed by atoms with Crippen LogP contribution in [0.3, 0.4) is 0 Å². The largest absolute Gasteiger partial charge is 0.493 e. The minimum absolute atomic E-state index is 0.0976. The number of carbonyl (C=O) groups is 1. The molecular formula is C30H23ClN6O3. The Hall–Kier alpha value is -5.20. The number of H-pyrrole nitrogens is 2. The number of halogens is 1. The number of amides is 1. The maximum Gasteiger partial charge on any atom is 0.328 e. The number of nitrogens with one attached hydrogen (secondary N) is 3. The van der Waals surface area contributed by atoms with Gasteiger partial charge in [0.2, 0.25) is 5.88 Å². The molecule has 40 heavy (non-hydrogen) atoms. The van der Waals surface area contributed by atoms with Crippen LogP contribution >= 0.6 is 11.6 Å². The molecule has 4 heterocycles. The molecule has 198 valence electrons. The quantitative estimate of drug-likeness (QED) is 0.233. The number of para-hydroxylation sites is 1. The van der Waals surface area contributed by atoms with E-state index in [1.807, 2.05) is 53.2 Å². The molecule has 0 aliphatic carbocycles. The second-order valence-corrected chi connectivity index (χ2v) is 9.60. The molecule has 6 rings (SSSR count). The van der Waals surface area contributed by atoms with Crippen LogP contribution in [0.4, 0.5) is 0 Å². The van der Waals surface area contributed by atoms with E-state index in [2.05, 4.69) is 32.1 Å². The topological polar surface area (TPSA) is 120 Å². The first-order valence-corrected chi connectivity index (χ1v) is 12.9. The highest BCUT2D eigenvalue weighted by Gasteiger charge is 2.16. The number of pyridine rings is 1. The number of aromatic hydroxyl groups is 1. The Kier molecular flexibility index (Phi) is 6.60. The molecule has 10 heteroatoms. The highest BCUT2D eigenvalue weighted by Crippen LogP contribution is 2.27. The normalized spacial score (nSPS) is 11.0. The van der Waals surface area contributed by atoms with Crippen LogP contribution in [0.1, 0.15) is 32.9 Å². The third-order valence-corrected chi connectivity index (χ3v) is 6.96. The summed E-state index contributed by atoms with van der Waals surface area (Å²) in [5, 5.41) is 15.0. The molecule has 4 aromatic heterocycles. The molecule has 0 fully saturated rings. The monoisotopic (exact) mass is 550 g/mol. The maximum atomic E-state index is 12.8. The lowest BCUT2D eigenvalue weighted by molar-refractivity contribution is 0.0951. The highest BCUT2D eigenvalue weighted by atomic mass is 35.5. The van der Waals surface area contributed by atoms with Crippen molar-refractivity contribution in [1.29, 1.82) is 0 Å². The van der Waals surface area contributed by atoms with Gasteiger partial charge in [0.15, 0.2) is 0 Å². The number of aromatic amines is 2. The van der Waals surface area contributed by atoms with E-state index in [0.717, 1.165) is 27.8 Å². The van der Waals surface area contributed by atoms with Crippen LogP contribution in [-0.2, 0) is 13.0 Å². The van der Waals surface area contributed by atoms with Crippen molar-refractivity contribution < 1.29 is 9.90 Å². The molecule has 0 unspecified atom stereocenters. The molecule has 0 atom stereocenters. The van der Waals surface area contributed by atoms with Crippen LogP contribution in [0.15, 0.2) is 84.0 Å². The van der Waals surface area contributed by atoms with E-state index in [-0.39, 0.29) is 24.9 Å². The second-order valence-electron chi connectivity index (χ2n) is 9.20. The van der Waals surface area contributed by atoms with Gasteiger partial charge in [0, 0.05) is 48.4 Å². The van der Waals surface area contributed by atoms with Crippen molar-refractivity contribution in [1.82, 2.24) is 29.2 Å². The van der Waals surface area contributed by atoms with Gasteiger partial charge >= 0.3 is 5.69 Å². The first-order chi connectivity index (χ1) is 19.5. The predicted molar refractivity (Wildman–Crippen MR) is 153 cm³/mol. The van der Waals surface area contributed by atoms with Gasteiger partial charge in [-0.15, -0.1) is 0 Å². The number of carbonyl (C=O) groups excluding carboxylic acids is 1. The number of imidazole rings is 2. The van der Waals surface area contributed by atoms with Crippen molar-refractivity contribution >= 4 is 34.1 Å². The molecule has 6 aromatic rings. The van der Waals surface area contributed by atoms with Gasteiger partial charge in [0.25, 0.3) is 5.91 Å². The van der Waals surface area contributed by atoms with E-state index >= 15 is 0 Å². The molecular weight excluding hydrogens is 528 g/mol. The number of rotatable bonds is 6. The van der Waals surface area contributed by atoms with E-state index in [4.69, 9.17) is 11.6 Å². The fourth-order valence-corrected chi connectivity index (χ4v) is 4.87. The fourth-order valence-electron chi connectivity index (χ4n) is 4.64. The minimum Gasteiger partial charge on any atom is -0.493 e. The van der Waals surface area contributed by atoms with Gasteiger partial charge in [0.1, 0.15) is 11.3 Å². The maximum absolute atomic E-state index is 12.8. The van der Waals surface area contributed by atoms with E-state index in [0.29, 0.717) is 28.3 Å². The standard InChI is InChI=1S/C30H23ClN6O3/c31-24-8-4-7-23-21(17-34-27(23)24)16-25-29(39)37(30(40)35-25)14-12-32-28(38)20-6-3-5-19(15-20)10-11-22-18-33-26-9-1-2-13-36(22)26/h1-9,13,15,17-18,34,39H,12,14,16H2,(H,32,38)(H,35,40). The summed E-state index contributed by atoms with van der Waals surface area (Å²) in [6.45, 7) is 0.240. The third kappa shape index (κ3) is 4.84. The SMILES string of the molecule is O=C(NCCn1c(O)c(Cc2c[nH]c3c(Cl)cccc23)[nH]c1=O)c1cccc(C#Cc2cnc3ccccn23)c1. The molecule has 1 amide bonds. The molecule has 0 saturated heterocycles. The van der Waals surface area contributed by atoms with Crippen molar-refractivity contribution in [2.75, 3.05) is 6.54 Å². The lowest BCUT2D eigenvalue weighted by atomic mass is 10.1. The lowest BCUT2D eigenvalue weighted by Crippen LogP contribution is -2.30. The highest BCUT2D eigenvalue weighted by molar-refractivity contribution is 6.35. The van der Waals surface area contributed by atoms with Gasteiger partial charge in [-0.2, -0.15) is 0 Å². The van der Waals surface area contributed by atoms with Crippen LogP contribution in [0.2, 0.25) is 5.02 Å². The van der Waals surface area contributed by atoms with Crippen molar-refractivity contribution in [3.05, 3.63) is 123 Å². The summed E-state index contributed by atoms with van der Waals surface area (Å²) in [5.74, 6) is 5.71. The molecule has 0 aliphatic rings. The van der Waals surface area contributed by atoms with Gasteiger partial charge in [-0.25, -0.2) is 9.78 Å². The van der Waals surface area contributed by atoms with Crippen LogP contribution in [0, 0.1) is 11.8 Å². The molecule has 0 bridgehead atoms. The second kappa shape index (κ2) is 10.5. The average Bonchev–Trinajstić information content (AvgIpc) is 3.65. The van der Waals surface area contributed by atoms with Gasteiger partial charge < -0.3 is 20.4 Å². The van der Waals surface area contributed by atoms with Crippen LogP contribution in [0.25, 0.3) is 16.6 Å². The first-order valence-electron chi connectivity index (χ1n) is 12.6. The number of benzene rings is 2. The molecule has 0 aliphatic heterocycles. The van der Waals surface area contributed by atoms with Crippen molar-refractivity contribution in [2.45, 2.75) is 13.0 Å². The van der Waals surface area contributed by atoms with Crippen LogP contribution in [0.5, 0.6) is 5.88 Å². The van der Waals surface area contributed by atoms with E-state index in [9.17, 15) is 14.7 Å². The van der Waals surface area contributed by atoms with Crippen molar-refractivity contribution in [3.63, 3.8) is 0 Å². The van der Waals surface area contributed by atoms with Crippen LogP contribution < -0.4 is 11.0 Å². The van der Waals surface area contributed by atoms with E-state index in [1.165, 1.54) is 4.57 Å². The summed E-state index contributed by atoms with van der Waals surface area (Å²) in [5.41, 5.74) is 4.29. The van der Waals surface area contributed by atoms with Crippen molar-refractivity contribution in [3.8, 4) is 17.7 Å². The summed E-state index contributed by atoms with van der Waals surface area (Å²) in [7, 11) is 0. The van der Waals surface area contributed by atoms with Crippen molar-refractivity contribution in [2.24, 2.45) is 0 Å². The third-order valence-electron chi connectivity index (χ3n) is 6.64. The molecule has 0 saturated carbocycles. The molecule has 0 spiro atoms. The summed E-state index contributed by atoms with van der Waals surface area (Å²) in [6.07, 6.45) is 5.72. The number of nitrogens with zero attached hydrogens (tertiary/aromatic N) is 3. The van der Waals surface area contributed by atoms with E-state index in [1.54, 1.807) is 30.5 Å². The molecule has 2 aromatic carbocycles. The smallest absolute Gasteiger partial charge is 0.328 e. The van der Waals surface area contributed by atoms with Gasteiger partial charge in [0.05, 0.1) is 22.4 Å². The number of hydrogen-bond acceptors (Lipinski definition) is 4. The van der Waals surface area contributed by atoms with Crippen LogP contribution in [-0.4, -0.2) is 41.5 Å². The Morgan fingerprint density at radius 3 is 2.88 bits per heavy atom. The number of hydrogen-bond donors (Lipinski definition) is 4. The van der Waals surface area contributed by atoms with Gasteiger partial charge in [-0.3, -0.25) is 13.8 Å². The fraction of sp³-hybridized carbons (Fsp3) is 0.100. The lowest BCUT2D eigenvalue weighted by Gasteiger charge is -2.07. The molecule has 9 nitrogen and oxygen atoms in total. The average molecular weight is 551 g/mol. The Morgan fingerprint density at radius 2 is 1.98 bits per heavy atom. The Morgan fingerprint density at radius 1 is 1.10 bits per heavy atom. The molecule has 4 N–H and O–H groups in total. The summed E-state index contributed by atoms with van der Waals surface area (Å²) >= 11 is 6.24. The zero-order valence-electron chi connectivity index (χ0n) is 21.1. The summed E-state index contributed by atoms with van der Waals surface area (Å²) in [4.78, 5) is 35.5. The van der Waals surface area contributed by atoms with Gasteiger partial charge in [-0.05, 0) is 47.9 Å². The van der Waals surface area contributed by atoms with E-state index < -0.39 is 5.69 Å². The zero-order valence-corrected chi connectivity index (χ0v) is 21.9. The Labute approximate surface area is 233 Å². The predicted octanol–water partition coefficient (Wildman–Crippen LogP) is 4.09. The summed E-state index contributed by atoms with van der Waals surface area (Å²) in [6, 6.07) is 18.3. The minimum atomic E-state index is -0.454. The molecule has 0 radical (unpaired) electrons. The number of fused-ring (bicyclic) bond motifs is 2. The zero-order chi connectivity index (χ0) is 27.6. The Bertz CT molecular complexity index is 2000. The first kappa shape index (κ1) is 25.1. The summed E-state index contributed by atoms with van der Waals surface area (Å²) < 4.78 is 3.10. The number of aromatic nitrogens is 5. The Balaban J connectivity index is 1.11. The van der Waals surface area contributed by atoms with Gasteiger partial charge in [-0.1, -0.05) is 41.8 Å².